The first-order valence-corrected chi connectivity index (χ1v) is 13.5. The Morgan fingerprint density at radius 3 is 1.64 bits per heavy atom. The monoisotopic (exact) mass is 400 g/mol. The van der Waals surface area contributed by atoms with Gasteiger partial charge in [0.15, 0.2) is 0 Å². The van der Waals surface area contributed by atoms with Crippen molar-refractivity contribution in [3.05, 3.63) is 0 Å². The summed E-state index contributed by atoms with van der Waals surface area (Å²) < 4.78 is 26.8. The normalized spacial score (nSPS) is 12.9. The van der Waals surface area contributed by atoms with Gasteiger partial charge in [0.25, 0.3) is 0 Å². The van der Waals surface area contributed by atoms with Gasteiger partial charge in [-0.3, -0.25) is 0 Å². The third-order valence-corrected chi connectivity index (χ3v) is 10.4. The fraction of sp³-hybridized carbons (Fsp3) is 1.00. The van der Waals surface area contributed by atoms with E-state index in [0.717, 1.165) is 0 Å². The Morgan fingerprint density at radius 1 is 0.800 bits per heavy atom. The number of nitrogens with one attached hydrogen (secondary N) is 3. The van der Waals surface area contributed by atoms with Crippen LogP contribution in [0.25, 0.3) is 0 Å². The van der Waals surface area contributed by atoms with Gasteiger partial charge in [-0.05, 0) is 0 Å². The van der Waals surface area contributed by atoms with Crippen molar-refractivity contribution in [3.8, 4) is 0 Å². The Balaban J connectivity index is 4.94. The third-order valence-electron chi connectivity index (χ3n) is 3.73. The third kappa shape index (κ3) is 12.2. The Hall–Kier alpha value is 0.194. The zero-order chi connectivity index (χ0) is 19.0. The molecule has 0 aliphatic rings. The van der Waals surface area contributed by atoms with Gasteiger partial charge >= 0.3 is 154 Å². The van der Waals surface area contributed by atoms with E-state index in [9.17, 15) is 3.32 Å². The second-order valence-corrected chi connectivity index (χ2v) is 13.1. The van der Waals surface area contributed by atoms with E-state index in [1.807, 2.05) is 13.8 Å². The number of hydrogen-bond acceptors (Lipinski definition) is 9. The van der Waals surface area contributed by atoms with Crippen molar-refractivity contribution in [2.24, 2.45) is 17.2 Å². The fourth-order valence-corrected chi connectivity index (χ4v) is 8.53. The summed E-state index contributed by atoms with van der Waals surface area (Å²) in [6, 6.07) is 0. The molecule has 0 aromatic rings. The van der Waals surface area contributed by atoms with Gasteiger partial charge < -0.3 is 0 Å². The molecule has 0 aliphatic carbocycles. The molecule has 0 unspecified atom stereocenters. The Labute approximate surface area is 154 Å². The predicted octanol–water partition coefficient (Wildman–Crippen LogP) is -1.23. The Kier molecular flexibility index (Phi) is 14.4. The van der Waals surface area contributed by atoms with Gasteiger partial charge in [-0.1, -0.05) is 0 Å². The van der Waals surface area contributed by atoms with Crippen molar-refractivity contribution < 1.29 is 26.0 Å². The quantitative estimate of drug-likeness (QED) is 0.123. The first kappa shape index (κ1) is 25.2. The molecule has 152 valence electrons. The Bertz CT molecular complexity index is 368. The van der Waals surface area contributed by atoms with Crippen molar-refractivity contribution in [2.45, 2.75) is 29.4 Å². The molecule has 0 radical (unpaired) electrons. The van der Waals surface area contributed by atoms with E-state index in [0.29, 0.717) is 75.0 Å². The van der Waals surface area contributed by atoms with Crippen LogP contribution >= 0.6 is 0 Å². The van der Waals surface area contributed by atoms with E-state index >= 15 is 0 Å². The van der Waals surface area contributed by atoms with Crippen LogP contribution in [0.2, 0.25) is 9.45 Å². The van der Waals surface area contributed by atoms with Crippen molar-refractivity contribution in [2.75, 3.05) is 65.5 Å². The molecular formula is C15H40N6O3Ti. The van der Waals surface area contributed by atoms with Crippen LogP contribution in [-0.2, 0) is 26.0 Å². The van der Waals surface area contributed by atoms with Gasteiger partial charge in [0.2, 0.25) is 0 Å². The SMILES string of the molecule is CC(C)[O][Ti](=[O])([CH2]CNCCN)([CH2]CNCCN)[O]CCNCCN. The molecule has 10 heteroatoms. The van der Waals surface area contributed by atoms with Crippen LogP contribution in [-0.4, -0.2) is 71.6 Å². The molecule has 0 aromatic carbocycles. The van der Waals surface area contributed by atoms with E-state index in [-0.39, 0.29) is 6.10 Å². The average molecular weight is 400 g/mol. The van der Waals surface area contributed by atoms with Crippen LogP contribution in [0.3, 0.4) is 0 Å². The van der Waals surface area contributed by atoms with Crippen molar-refractivity contribution in [1.82, 2.24) is 16.0 Å². The summed E-state index contributed by atoms with van der Waals surface area (Å²) in [4.78, 5) is 0. The molecule has 0 amide bonds. The van der Waals surface area contributed by atoms with Crippen molar-refractivity contribution >= 4 is 0 Å². The molecule has 0 heterocycles. The first-order chi connectivity index (χ1) is 11.9. The molecule has 0 aromatic heterocycles. The summed E-state index contributed by atoms with van der Waals surface area (Å²) in [5, 5.41) is 9.54. The fourth-order valence-electron chi connectivity index (χ4n) is 2.64. The van der Waals surface area contributed by atoms with Crippen molar-refractivity contribution in [1.29, 1.82) is 0 Å². The van der Waals surface area contributed by atoms with Gasteiger partial charge in [-0.2, -0.15) is 0 Å². The molecule has 0 spiro atoms. The second kappa shape index (κ2) is 14.3. The van der Waals surface area contributed by atoms with Gasteiger partial charge in [0.05, 0.1) is 0 Å². The summed E-state index contributed by atoms with van der Waals surface area (Å²) in [7, 11) is 0. The topological polar surface area (TPSA) is 150 Å². The van der Waals surface area contributed by atoms with Gasteiger partial charge in [-0.25, -0.2) is 0 Å². The van der Waals surface area contributed by atoms with Crippen LogP contribution in [0.15, 0.2) is 0 Å². The molecule has 0 fully saturated rings. The summed E-state index contributed by atoms with van der Waals surface area (Å²) in [5.74, 6) is 0. The zero-order valence-corrected chi connectivity index (χ0v) is 17.6. The maximum absolute atomic E-state index is 14.0. The van der Waals surface area contributed by atoms with Crippen molar-refractivity contribution in [3.63, 3.8) is 0 Å². The zero-order valence-electron chi connectivity index (χ0n) is 16.0. The summed E-state index contributed by atoms with van der Waals surface area (Å²) in [5.41, 5.74) is 16.5. The standard InChI is InChI=1S/C4H11N2O.2C4H11N2.C3H7O.O.Ti/c5-1-2-6-3-4-7;2*1-2-6-4-3-5;1-3(2)4;;/h6H,1-5H2;2*6H,1-5H2;3H,1-2H3;;/q-1;;;-1;;+2. The number of rotatable bonds is 18. The molecule has 25 heavy (non-hydrogen) atoms. The summed E-state index contributed by atoms with van der Waals surface area (Å²) in [6.07, 6.45) is -0.171. The summed E-state index contributed by atoms with van der Waals surface area (Å²) in [6.45, 7) is 9.48. The Morgan fingerprint density at radius 2 is 1.24 bits per heavy atom. The van der Waals surface area contributed by atoms with E-state index in [4.69, 9.17) is 23.8 Å². The van der Waals surface area contributed by atoms with Crippen LogP contribution < -0.4 is 33.2 Å². The molecular weight excluding hydrogens is 360 g/mol. The molecule has 0 bridgehead atoms. The molecule has 0 saturated carbocycles. The molecule has 0 saturated heterocycles. The van der Waals surface area contributed by atoms with Crippen LogP contribution in [0.4, 0.5) is 0 Å². The van der Waals surface area contributed by atoms with Crippen LogP contribution in [0.5, 0.6) is 0 Å². The molecule has 9 nitrogen and oxygen atoms in total. The molecule has 0 atom stereocenters. The average Bonchev–Trinajstić information content (AvgIpc) is 2.55. The summed E-state index contributed by atoms with van der Waals surface area (Å²) >= 11 is -4.84. The van der Waals surface area contributed by atoms with E-state index < -0.39 is 16.1 Å². The minimum atomic E-state index is -4.84. The molecule has 0 rings (SSSR count). The van der Waals surface area contributed by atoms with Crippen LogP contribution in [0, 0.1) is 0 Å². The molecule has 9 N–H and O–H groups in total. The minimum absolute atomic E-state index is 0.171. The second-order valence-electron chi connectivity index (χ2n) is 6.50. The first-order valence-electron chi connectivity index (χ1n) is 9.34. The van der Waals surface area contributed by atoms with Gasteiger partial charge in [0.1, 0.15) is 0 Å². The predicted molar refractivity (Wildman–Crippen MR) is 98.2 cm³/mol. The molecule has 0 aliphatic heterocycles. The van der Waals surface area contributed by atoms with Gasteiger partial charge in [-0.15, -0.1) is 0 Å². The van der Waals surface area contributed by atoms with Gasteiger partial charge in [0, 0.05) is 0 Å². The maximum atomic E-state index is 14.0. The number of nitrogens with two attached hydrogens (primary N) is 3. The van der Waals surface area contributed by atoms with E-state index in [1.165, 1.54) is 0 Å². The van der Waals surface area contributed by atoms with Crippen LogP contribution in [0.1, 0.15) is 13.8 Å². The number of hydrogen-bond donors (Lipinski definition) is 6. The van der Waals surface area contributed by atoms with E-state index in [1.54, 1.807) is 0 Å². The van der Waals surface area contributed by atoms with E-state index in [2.05, 4.69) is 16.0 Å².